The Hall–Kier alpha value is -0.700. The highest BCUT2D eigenvalue weighted by Crippen LogP contribution is 2.04. The molecule has 0 aliphatic heterocycles. The van der Waals surface area contributed by atoms with Gasteiger partial charge in [-0.2, -0.15) is 4.37 Å². The van der Waals surface area contributed by atoms with Gasteiger partial charge < -0.3 is 0 Å². The number of nitrogens with zero attached hydrogens (tertiary/aromatic N) is 2. The predicted octanol–water partition coefficient (Wildman–Crippen LogP) is 1.57. The molecule has 0 radical (unpaired) electrons. The summed E-state index contributed by atoms with van der Waals surface area (Å²) in [6, 6.07) is 0. The molecule has 3 heteroatoms. The molecule has 0 saturated carbocycles. The zero-order chi connectivity index (χ0) is 5.98. The summed E-state index contributed by atoms with van der Waals surface area (Å²) in [7, 11) is 0. The Labute approximate surface area is 52.1 Å². The Bertz CT molecular complexity index is 178. The Morgan fingerprint density at radius 3 is 2.88 bits per heavy atom. The van der Waals surface area contributed by atoms with Crippen LogP contribution in [0.15, 0.2) is 12.1 Å². The number of rotatable bonds is 1. The average molecular weight is 126 g/mol. The second-order valence-electron chi connectivity index (χ2n) is 1.54. The summed E-state index contributed by atoms with van der Waals surface area (Å²) in [6.45, 7) is 5.57. The fraction of sp³-hybridized carbons (Fsp3) is 0.200. The van der Waals surface area contributed by atoms with E-state index >= 15 is 0 Å². The molecule has 0 amide bonds. The lowest BCUT2D eigenvalue weighted by Gasteiger charge is -1.83. The summed E-state index contributed by atoms with van der Waals surface area (Å²) in [4.78, 5) is 3.92. The van der Waals surface area contributed by atoms with Crippen LogP contribution in [0.4, 0.5) is 0 Å². The van der Waals surface area contributed by atoms with Crippen molar-refractivity contribution in [1.82, 2.24) is 9.36 Å². The zero-order valence-corrected chi connectivity index (χ0v) is 5.40. The monoisotopic (exact) mass is 126 g/mol. The lowest BCUT2D eigenvalue weighted by Crippen LogP contribution is -1.76. The van der Waals surface area contributed by atoms with Crippen molar-refractivity contribution >= 4 is 17.1 Å². The third-order valence-corrected chi connectivity index (χ3v) is 1.22. The van der Waals surface area contributed by atoms with Crippen molar-refractivity contribution in [2.45, 2.75) is 6.92 Å². The zero-order valence-electron chi connectivity index (χ0n) is 4.59. The van der Waals surface area contributed by atoms with Gasteiger partial charge in [0.2, 0.25) is 0 Å². The van der Waals surface area contributed by atoms with E-state index in [-0.39, 0.29) is 0 Å². The van der Waals surface area contributed by atoms with Crippen LogP contribution >= 0.6 is 11.5 Å². The minimum absolute atomic E-state index is 0.759. The molecule has 1 aromatic heterocycles. The highest BCUT2D eigenvalue weighted by Gasteiger charge is 1.92. The Morgan fingerprint density at radius 2 is 2.62 bits per heavy atom. The van der Waals surface area contributed by atoms with Crippen molar-refractivity contribution < 1.29 is 0 Å². The fourth-order valence-corrected chi connectivity index (χ4v) is 0.856. The molecular weight excluding hydrogens is 120 g/mol. The summed E-state index contributed by atoms with van der Waals surface area (Å²) in [6.07, 6.45) is 0. The molecule has 42 valence electrons. The normalized spacial score (nSPS) is 9.12. The van der Waals surface area contributed by atoms with Crippen molar-refractivity contribution in [2.24, 2.45) is 0 Å². The van der Waals surface area contributed by atoms with Gasteiger partial charge in [-0.15, -0.1) is 0 Å². The van der Waals surface area contributed by atoms with Crippen LogP contribution in [0.1, 0.15) is 12.7 Å². The van der Waals surface area contributed by atoms with Crippen LogP contribution in [0.25, 0.3) is 5.57 Å². The van der Waals surface area contributed by atoms with Gasteiger partial charge in [0.1, 0.15) is 5.51 Å². The molecule has 1 aromatic rings. The number of allylic oxidation sites excluding steroid dienone is 1. The molecule has 2 nitrogen and oxygen atoms in total. The molecule has 0 bridgehead atoms. The van der Waals surface area contributed by atoms with Gasteiger partial charge in [-0.05, 0) is 24.0 Å². The van der Waals surface area contributed by atoms with E-state index < -0.39 is 0 Å². The second-order valence-corrected chi connectivity index (χ2v) is 2.14. The predicted molar refractivity (Wildman–Crippen MR) is 34.6 cm³/mol. The lowest BCUT2D eigenvalue weighted by molar-refractivity contribution is 1.25. The molecule has 0 spiro atoms. The fourth-order valence-electron chi connectivity index (χ4n) is 0.359. The molecule has 1 heterocycles. The van der Waals surface area contributed by atoms with Gasteiger partial charge in [-0.25, -0.2) is 4.98 Å². The summed E-state index contributed by atoms with van der Waals surface area (Å²) < 4.78 is 3.95. The summed E-state index contributed by atoms with van der Waals surface area (Å²) in [5, 5.41) is 0. The largest absolute Gasteiger partial charge is 0.224 e. The van der Waals surface area contributed by atoms with Crippen molar-refractivity contribution in [3.63, 3.8) is 0 Å². The maximum Gasteiger partial charge on any atom is 0.167 e. The average Bonchev–Trinajstić information content (AvgIpc) is 2.12. The molecule has 0 saturated heterocycles. The van der Waals surface area contributed by atoms with E-state index in [4.69, 9.17) is 0 Å². The van der Waals surface area contributed by atoms with E-state index in [1.807, 2.05) is 6.92 Å². The molecule has 1 rings (SSSR count). The van der Waals surface area contributed by atoms with E-state index in [1.54, 1.807) is 5.51 Å². The molecule has 0 N–H and O–H groups in total. The van der Waals surface area contributed by atoms with Crippen LogP contribution in [0.3, 0.4) is 0 Å². The van der Waals surface area contributed by atoms with Crippen LogP contribution < -0.4 is 0 Å². The van der Waals surface area contributed by atoms with Crippen molar-refractivity contribution in [2.75, 3.05) is 0 Å². The summed E-state index contributed by atoms with van der Waals surface area (Å²) >= 11 is 1.35. The van der Waals surface area contributed by atoms with Crippen molar-refractivity contribution in [3.05, 3.63) is 17.9 Å². The highest BCUT2D eigenvalue weighted by atomic mass is 32.1. The summed E-state index contributed by atoms with van der Waals surface area (Å²) in [5.41, 5.74) is 2.62. The van der Waals surface area contributed by atoms with Gasteiger partial charge in [0.15, 0.2) is 5.82 Å². The Kier molecular flexibility index (Phi) is 1.39. The number of hydrogen-bond donors (Lipinski definition) is 0. The quantitative estimate of drug-likeness (QED) is 0.570. The SMILES string of the molecule is C=C(C)c1ncsn1. The van der Waals surface area contributed by atoms with Crippen LogP contribution in [-0.2, 0) is 0 Å². The van der Waals surface area contributed by atoms with Crippen LogP contribution in [0.5, 0.6) is 0 Å². The highest BCUT2D eigenvalue weighted by molar-refractivity contribution is 7.03. The number of hydrogen-bond acceptors (Lipinski definition) is 3. The molecule has 0 atom stereocenters. The molecule has 0 unspecified atom stereocenters. The first-order valence-corrected chi connectivity index (χ1v) is 3.06. The first-order chi connectivity index (χ1) is 3.80. The smallest absolute Gasteiger partial charge is 0.167 e. The minimum atomic E-state index is 0.759. The van der Waals surface area contributed by atoms with Crippen LogP contribution in [-0.4, -0.2) is 9.36 Å². The Morgan fingerprint density at radius 1 is 1.88 bits per heavy atom. The maximum atomic E-state index is 3.95. The first kappa shape index (κ1) is 5.44. The van der Waals surface area contributed by atoms with Crippen LogP contribution in [0, 0.1) is 0 Å². The van der Waals surface area contributed by atoms with Gasteiger partial charge in [0.25, 0.3) is 0 Å². The van der Waals surface area contributed by atoms with Gasteiger partial charge in [-0.1, -0.05) is 6.58 Å². The van der Waals surface area contributed by atoms with E-state index in [2.05, 4.69) is 15.9 Å². The van der Waals surface area contributed by atoms with Gasteiger partial charge in [-0.3, -0.25) is 0 Å². The molecule has 0 aliphatic rings. The van der Waals surface area contributed by atoms with Gasteiger partial charge >= 0.3 is 0 Å². The molecule has 0 fully saturated rings. The molecule has 0 aromatic carbocycles. The van der Waals surface area contributed by atoms with Crippen molar-refractivity contribution in [1.29, 1.82) is 0 Å². The lowest BCUT2D eigenvalue weighted by atomic mass is 10.3. The number of aromatic nitrogens is 2. The standard InChI is InChI=1S/C5H6N2S/c1-4(2)5-6-3-8-7-5/h3H,1H2,2H3. The first-order valence-electron chi connectivity index (χ1n) is 2.23. The third-order valence-electron chi connectivity index (χ3n) is 0.743. The van der Waals surface area contributed by atoms with E-state index in [9.17, 15) is 0 Å². The topological polar surface area (TPSA) is 25.8 Å². The third kappa shape index (κ3) is 0.924. The van der Waals surface area contributed by atoms with Gasteiger partial charge in [0, 0.05) is 0 Å². The van der Waals surface area contributed by atoms with E-state index in [0.29, 0.717) is 0 Å². The minimum Gasteiger partial charge on any atom is -0.224 e. The van der Waals surface area contributed by atoms with E-state index in [1.165, 1.54) is 11.5 Å². The van der Waals surface area contributed by atoms with Crippen LogP contribution in [0.2, 0.25) is 0 Å². The Balaban J connectivity index is 2.93. The van der Waals surface area contributed by atoms with E-state index in [0.717, 1.165) is 11.4 Å². The van der Waals surface area contributed by atoms with Crippen molar-refractivity contribution in [3.8, 4) is 0 Å². The molecule has 8 heavy (non-hydrogen) atoms. The van der Waals surface area contributed by atoms with Gasteiger partial charge in [0.05, 0.1) is 0 Å². The summed E-state index contributed by atoms with van der Waals surface area (Å²) in [5.74, 6) is 0.759. The maximum absolute atomic E-state index is 3.95. The molecule has 0 aliphatic carbocycles. The molecular formula is C5H6N2S. The second kappa shape index (κ2) is 2.05.